The van der Waals surface area contributed by atoms with Gasteiger partial charge in [0.1, 0.15) is 5.82 Å². The van der Waals surface area contributed by atoms with E-state index in [4.69, 9.17) is 11.6 Å². The van der Waals surface area contributed by atoms with Crippen molar-refractivity contribution in [2.24, 2.45) is 0 Å². The van der Waals surface area contributed by atoms with Crippen LogP contribution in [0.4, 0.5) is 15.8 Å². The molecule has 4 nitrogen and oxygen atoms in total. The van der Waals surface area contributed by atoms with Crippen molar-refractivity contribution >= 4 is 28.9 Å². The van der Waals surface area contributed by atoms with Crippen molar-refractivity contribution in [2.45, 2.75) is 13.0 Å². The molecule has 4 rings (SSSR count). The molecule has 0 aromatic heterocycles. The van der Waals surface area contributed by atoms with Gasteiger partial charge in [0.05, 0.1) is 11.4 Å². The molecule has 33 heavy (non-hydrogen) atoms. The van der Waals surface area contributed by atoms with Crippen LogP contribution in [0.25, 0.3) is 0 Å². The lowest BCUT2D eigenvalue weighted by molar-refractivity contribution is 0.102. The minimum absolute atomic E-state index is 0.210. The number of rotatable bonds is 3. The van der Waals surface area contributed by atoms with Crippen LogP contribution in [-0.2, 0) is 0 Å². The topological polar surface area (TPSA) is 35.6 Å². The number of hydrogen-bond acceptors (Lipinski definition) is 3. The van der Waals surface area contributed by atoms with Crippen LogP contribution in [0.5, 0.6) is 0 Å². The third kappa shape index (κ3) is 5.73. The quantitative estimate of drug-likeness (QED) is 0.539. The Bertz CT molecular complexity index is 1200. The van der Waals surface area contributed by atoms with E-state index in [1.54, 1.807) is 36.4 Å². The number of nitrogens with zero attached hydrogens (tertiary/aromatic N) is 2. The predicted octanol–water partition coefficient (Wildman–Crippen LogP) is 5.27. The molecule has 0 spiro atoms. The summed E-state index contributed by atoms with van der Waals surface area (Å²) in [5.74, 6) is 5.67. The molecular formula is C27H25ClFN3O. The maximum atomic E-state index is 13.2. The van der Waals surface area contributed by atoms with E-state index < -0.39 is 0 Å². The van der Waals surface area contributed by atoms with Crippen LogP contribution < -0.4 is 10.2 Å². The molecule has 1 fully saturated rings. The highest BCUT2D eigenvalue weighted by atomic mass is 35.5. The highest BCUT2D eigenvalue weighted by molar-refractivity contribution is 6.30. The number of halogens is 2. The van der Waals surface area contributed by atoms with Crippen molar-refractivity contribution in [1.29, 1.82) is 0 Å². The maximum Gasteiger partial charge on any atom is 0.255 e. The first kappa shape index (κ1) is 22.8. The number of anilines is 2. The third-order valence-corrected chi connectivity index (χ3v) is 6.10. The number of benzene rings is 3. The Morgan fingerprint density at radius 3 is 2.36 bits per heavy atom. The predicted molar refractivity (Wildman–Crippen MR) is 133 cm³/mol. The lowest BCUT2D eigenvalue weighted by atomic mass is 10.1. The van der Waals surface area contributed by atoms with E-state index in [0.717, 1.165) is 36.4 Å². The number of amides is 1. The van der Waals surface area contributed by atoms with Crippen LogP contribution in [0, 0.1) is 17.7 Å². The van der Waals surface area contributed by atoms with Gasteiger partial charge in [-0.05, 0) is 80.7 Å². The molecule has 1 saturated heterocycles. The minimum atomic E-state index is -0.293. The number of piperazine rings is 1. The molecule has 6 heteroatoms. The van der Waals surface area contributed by atoms with Crippen molar-refractivity contribution < 1.29 is 9.18 Å². The molecule has 1 N–H and O–H groups in total. The molecule has 0 saturated carbocycles. The highest BCUT2D eigenvalue weighted by Gasteiger charge is 2.23. The Balaban J connectivity index is 1.65. The van der Waals surface area contributed by atoms with Gasteiger partial charge < -0.3 is 15.1 Å². The van der Waals surface area contributed by atoms with Gasteiger partial charge >= 0.3 is 0 Å². The Hall–Kier alpha value is -3.33. The second-order valence-electron chi connectivity index (χ2n) is 8.23. The van der Waals surface area contributed by atoms with Crippen LogP contribution in [0.3, 0.4) is 0 Å². The summed E-state index contributed by atoms with van der Waals surface area (Å²) in [7, 11) is 2.12. The highest BCUT2D eigenvalue weighted by Crippen LogP contribution is 2.29. The fourth-order valence-electron chi connectivity index (χ4n) is 3.73. The van der Waals surface area contributed by atoms with E-state index in [2.05, 4.69) is 40.9 Å². The second kappa shape index (κ2) is 10.1. The van der Waals surface area contributed by atoms with Gasteiger partial charge in [-0.15, -0.1) is 0 Å². The maximum absolute atomic E-state index is 13.2. The number of likely N-dealkylation sites (N-methyl/N-ethyl adjacent to an activating group) is 1. The van der Waals surface area contributed by atoms with Crippen LogP contribution >= 0.6 is 11.6 Å². The first-order valence-corrected chi connectivity index (χ1v) is 11.2. The molecule has 1 aliphatic heterocycles. The van der Waals surface area contributed by atoms with Gasteiger partial charge in [0, 0.05) is 47.4 Å². The average molecular weight is 462 g/mol. The van der Waals surface area contributed by atoms with E-state index in [9.17, 15) is 9.18 Å². The van der Waals surface area contributed by atoms with E-state index in [1.807, 2.05) is 18.2 Å². The van der Waals surface area contributed by atoms with Gasteiger partial charge in [-0.1, -0.05) is 23.4 Å². The zero-order valence-corrected chi connectivity index (χ0v) is 19.4. The molecule has 0 unspecified atom stereocenters. The van der Waals surface area contributed by atoms with E-state index >= 15 is 0 Å². The molecule has 0 aliphatic carbocycles. The summed E-state index contributed by atoms with van der Waals surface area (Å²) in [5.41, 5.74) is 3.68. The molecule has 0 radical (unpaired) electrons. The van der Waals surface area contributed by atoms with Gasteiger partial charge in [-0.25, -0.2) is 4.39 Å². The van der Waals surface area contributed by atoms with E-state index in [0.29, 0.717) is 22.3 Å². The first-order valence-electron chi connectivity index (χ1n) is 10.8. The van der Waals surface area contributed by atoms with Gasteiger partial charge in [0.25, 0.3) is 5.91 Å². The largest absolute Gasteiger partial charge is 0.367 e. The normalized spacial score (nSPS) is 16.1. The monoisotopic (exact) mass is 461 g/mol. The molecule has 3 aromatic carbocycles. The average Bonchev–Trinajstić information content (AvgIpc) is 2.81. The fourth-order valence-corrected chi connectivity index (χ4v) is 3.86. The summed E-state index contributed by atoms with van der Waals surface area (Å²) in [4.78, 5) is 17.6. The molecule has 1 atom stereocenters. The van der Waals surface area contributed by atoms with Crippen LogP contribution in [-0.4, -0.2) is 43.5 Å². The number of nitrogens with one attached hydrogen (secondary N) is 1. The number of carbonyl (C=O) groups excluding carboxylic acids is 1. The third-order valence-electron chi connectivity index (χ3n) is 5.85. The Labute approximate surface area is 199 Å². The molecule has 1 heterocycles. The summed E-state index contributed by atoms with van der Waals surface area (Å²) in [6.45, 7) is 4.87. The van der Waals surface area contributed by atoms with Gasteiger partial charge in [-0.2, -0.15) is 0 Å². The molecule has 1 amide bonds. The van der Waals surface area contributed by atoms with Crippen LogP contribution in [0.1, 0.15) is 28.4 Å². The van der Waals surface area contributed by atoms with E-state index in [-0.39, 0.29) is 11.7 Å². The molecular weight excluding hydrogens is 437 g/mol. The summed E-state index contributed by atoms with van der Waals surface area (Å²) < 4.78 is 13.2. The summed E-state index contributed by atoms with van der Waals surface area (Å²) in [6, 6.07) is 19.1. The lowest BCUT2D eigenvalue weighted by Gasteiger charge is -2.39. The summed E-state index contributed by atoms with van der Waals surface area (Å²) in [6.07, 6.45) is 0. The number of hydrogen-bond donors (Lipinski definition) is 1. The zero-order valence-electron chi connectivity index (χ0n) is 18.6. The standard InChI is InChI=1S/C27H25ClFN3O/c1-19-18-32(16-15-31(19)2)26-14-7-21(4-3-20-5-12-24(29)13-6-20)17-25(26)30-27(33)22-8-10-23(28)11-9-22/h5-14,17,19H,15-16,18H2,1-2H3,(H,30,33)/t19-/m0/s1. The smallest absolute Gasteiger partial charge is 0.255 e. The molecule has 168 valence electrons. The van der Waals surface area contributed by atoms with Gasteiger partial charge in [0.15, 0.2) is 0 Å². The van der Waals surface area contributed by atoms with Crippen molar-refractivity contribution in [2.75, 3.05) is 36.9 Å². The van der Waals surface area contributed by atoms with Crippen molar-refractivity contribution in [3.8, 4) is 11.8 Å². The van der Waals surface area contributed by atoms with Gasteiger partial charge in [-0.3, -0.25) is 4.79 Å². The summed E-state index contributed by atoms with van der Waals surface area (Å²) >= 11 is 5.97. The van der Waals surface area contributed by atoms with E-state index in [1.165, 1.54) is 12.1 Å². The SMILES string of the molecule is C[C@H]1CN(c2ccc(C#Cc3ccc(F)cc3)cc2NC(=O)c2ccc(Cl)cc2)CCN1C. The van der Waals surface area contributed by atoms with Crippen LogP contribution in [0.2, 0.25) is 5.02 Å². The Kier molecular flexibility index (Phi) is 6.98. The fraction of sp³-hybridized carbons (Fsp3) is 0.222. The molecule has 0 bridgehead atoms. The Morgan fingerprint density at radius 1 is 1.00 bits per heavy atom. The van der Waals surface area contributed by atoms with Crippen LogP contribution in [0.15, 0.2) is 66.7 Å². The molecule has 1 aliphatic rings. The summed E-state index contributed by atoms with van der Waals surface area (Å²) in [5, 5.41) is 3.64. The second-order valence-corrected chi connectivity index (χ2v) is 8.66. The zero-order chi connectivity index (χ0) is 23.4. The number of carbonyl (C=O) groups is 1. The lowest BCUT2D eigenvalue weighted by Crippen LogP contribution is -2.50. The Morgan fingerprint density at radius 2 is 1.67 bits per heavy atom. The molecule has 3 aromatic rings. The minimum Gasteiger partial charge on any atom is -0.367 e. The first-order chi connectivity index (χ1) is 15.9. The van der Waals surface area contributed by atoms with Gasteiger partial charge in [0.2, 0.25) is 0 Å². The van der Waals surface area contributed by atoms with Crippen molar-refractivity contribution in [1.82, 2.24) is 4.90 Å². The van der Waals surface area contributed by atoms with Crippen molar-refractivity contribution in [3.63, 3.8) is 0 Å². The van der Waals surface area contributed by atoms with Crippen molar-refractivity contribution in [3.05, 3.63) is 94.3 Å².